The van der Waals surface area contributed by atoms with E-state index in [1.807, 2.05) is 12.1 Å². The highest BCUT2D eigenvalue weighted by Gasteiger charge is 2.39. The topological polar surface area (TPSA) is 61.4 Å². The first kappa shape index (κ1) is 16.1. The highest BCUT2D eigenvalue weighted by molar-refractivity contribution is 5.97. The Balaban J connectivity index is 1.81. The Labute approximate surface area is 137 Å². The molecule has 1 aromatic carbocycles. The van der Waals surface area contributed by atoms with Gasteiger partial charge >= 0.3 is 5.97 Å². The molecule has 1 saturated carbocycles. The van der Waals surface area contributed by atoms with Crippen molar-refractivity contribution in [3.63, 3.8) is 0 Å². The molecule has 0 radical (unpaired) electrons. The summed E-state index contributed by atoms with van der Waals surface area (Å²) in [4.78, 5) is 12.3. The van der Waals surface area contributed by atoms with Gasteiger partial charge in [-0.15, -0.1) is 0 Å². The number of esters is 1. The molecule has 1 atom stereocenters. The third-order valence-corrected chi connectivity index (χ3v) is 4.92. The molecule has 5 heteroatoms. The van der Waals surface area contributed by atoms with Crippen molar-refractivity contribution in [3.05, 3.63) is 23.3 Å². The van der Waals surface area contributed by atoms with Gasteiger partial charge in [-0.05, 0) is 37.8 Å². The van der Waals surface area contributed by atoms with Crippen LogP contribution in [0.2, 0.25) is 0 Å². The number of fused-ring (bicyclic) bond motifs is 1. The summed E-state index contributed by atoms with van der Waals surface area (Å²) in [5, 5.41) is 2.22. The van der Waals surface area contributed by atoms with Gasteiger partial charge in [0.2, 0.25) is 0 Å². The molecule has 0 amide bonds. The van der Waals surface area contributed by atoms with Gasteiger partial charge in [-0.3, -0.25) is 0 Å². The van der Waals surface area contributed by atoms with Crippen molar-refractivity contribution < 1.29 is 24.3 Å². The lowest BCUT2D eigenvalue weighted by Crippen LogP contribution is -2.91. The second kappa shape index (κ2) is 7.21. The lowest BCUT2D eigenvalue weighted by Gasteiger charge is -2.21. The maximum absolute atomic E-state index is 12.3. The van der Waals surface area contributed by atoms with Crippen LogP contribution in [0.15, 0.2) is 12.1 Å². The van der Waals surface area contributed by atoms with Gasteiger partial charge in [-0.2, -0.15) is 0 Å². The number of hydrogen-bond acceptors (Lipinski definition) is 4. The van der Waals surface area contributed by atoms with Crippen LogP contribution in [-0.4, -0.2) is 26.2 Å². The van der Waals surface area contributed by atoms with Crippen LogP contribution in [0.4, 0.5) is 0 Å². The average molecular weight is 320 g/mol. The molecule has 3 rings (SSSR count). The molecular weight excluding hydrogens is 294 g/mol. The Morgan fingerprint density at radius 2 is 1.74 bits per heavy atom. The minimum absolute atomic E-state index is 0.262. The van der Waals surface area contributed by atoms with Gasteiger partial charge in [0.05, 0.1) is 25.8 Å². The van der Waals surface area contributed by atoms with Crippen molar-refractivity contribution in [1.82, 2.24) is 0 Å². The summed E-state index contributed by atoms with van der Waals surface area (Å²) in [6.07, 6.45) is 8.63. The number of ether oxygens (including phenoxy) is 3. The monoisotopic (exact) mass is 320 g/mol. The van der Waals surface area contributed by atoms with Crippen LogP contribution in [0.5, 0.6) is 11.5 Å². The molecule has 0 unspecified atom stereocenters. The van der Waals surface area contributed by atoms with Crippen LogP contribution >= 0.6 is 0 Å². The van der Waals surface area contributed by atoms with Crippen LogP contribution in [0.25, 0.3) is 0 Å². The second-order valence-corrected chi connectivity index (χ2v) is 6.39. The number of nitrogens with two attached hydrogens (primary N) is 1. The van der Waals surface area contributed by atoms with Gasteiger partial charge in [0.25, 0.3) is 6.23 Å². The lowest BCUT2D eigenvalue weighted by atomic mass is 9.96. The van der Waals surface area contributed by atoms with E-state index in [1.54, 1.807) is 14.2 Å². The summed E-state index contributed by atoms with van der Waals surface area (Å²) in [6, 6.07) is 4.29. The number of carbonyl (C=O) groups excluding carboxylic acids is 1. The fraction of sp³-hybridized carbons (Fsp3) is 0.611. The molecule has 1 aliphatic carbocycles. The molecule has 2 N–H and O–H groups in total. The zero-order valence-electron chi connectivity index (χ0n) is 14.0. The van der Waals surface area contributed by atoms with Gasteiger partial charge in [0.1, 0.15) is 5.56 Å². The van der Waals surface area contributed by atoms with Gasteiger partial charge < -0.3 is 19.5 Å². The van der Waals surface area contributed by atoms with Gasteiger partial charge in [-0.25, -0.2) is 4.79 Å². The molecule has 23 heavy (non-hydrogen) atoms. The Hall–Kier alpha value is -1.75. The first-order valence-electron chi connectivity index (χ1n) is 8.55. The molecule has 0 spiro atoms. The normalized spacial score (nSPS) is 22.0. The van der Waals surface area contributed by atoms with Gasteiger partial charge in [0, 0.05) is 0 Å². The van der Waals surface area contributed by atoms with Crippen LogP contribution in [-0.2, 0) is 4.74 Å². The quantitative estimate of drug-likeness (QED) is 0.866. The van der Waals surface area contributed by atoms with E-state index in [2.05, 4.69) is 5.32 Å². The summed E-state index contributed by atoms with van der Waals surface area (Å²) < 4.78 is 16.3. The van der Waals surface area contributed by atoms with Crippen molar-refractivity contribution in [2.24, 2.45) is 0 Å². The summed E-state index contributed by atoms with van der Waals surface area (Å²) in [5.41, 5.74) is 1.41. The van der Waals surface area contributed by atoms with E-state index < -0.39 is 0 Å². The third kappa shape index (κ3) is 3.29. The van der Waals surface area contributed by atoms with E-state index in [9.17, 15) is 4.79 Å². The number of hydrogen-bond donors (Lipinski definition) is 1. The van der Waals surface area contributed by atoms with Gasteiger partial charge in [-0.1, -0.05) is 19.3 Å². The maximum Gasteiger partial charge on any atom is 0.347 e. The molecule has 5 nitrogen and oxygen atoms in total. The molecule has 1 aliphatic heterocycles. The molecule has 1 fully saturated rings. The summed E-state index contributed by atoms with van der Waals surface area (Å²) in [5.74, 6) is 0.723. The number of carbonyl (C=O) groups is 1. The fourth-order valence-corrected chi connectivity index (χ4v) is 3.70. The molecule has 2 aliphatic rings. The van der Waals surface area contributed by atoms with E-state index in [-0.39, 0.29) is 12.2 Å². The summed E-state index contributed by atoms with van der Waals surface area (Å²) >= 11 is 0. The molecule has 1 aromatic rings. The number of quaternary nitrogens is 1. The first-order valence-corrected chi connectivity index (χ1v) is 8.55. The standard InChI is InChI=1S/C18H25NO4/c1-21-14-11-10-13-15(16(14)22-2)18(20)23-17(13)19-12-8-6-4-3-5-7-9-12/h10-12,17,19H,3-9H2,1-2H3/p+1/t17-/m1/s1. The highest BCUT2D eigenvalue weighted by atomic mass is 16.6. The predicted molar refractivity (Wildman–Crippen MR) is 85.7 cm³/mol. The fourth-order valence-electron chi connectivity index (χ4n) is 3.70. The first-order chi connectivity index (χ1) is 11.2. The zero-order chi connectivity index (χ0) is 16.2. The van der Waals surface area contributed by atoms with Crippen molar-refractivity contribution in [2.45, 2.75) is 57.2 Å². The SMILES string of the molecule is COc1ccc2c(c1OC)C(=O)O[C@H]2[NH2+]C1CCCCCCC1. The lowest BCUT2D eigenvalue weighted by molar-refractivity contribution is -0.758. The van der Waals surface area contributed by atoms with E-state index in [4.69, 9.17) is 14.2 Å². The number of cyclic esters (lactones) is 1. The van der Waals surface area contributed by atoms with Crippen molar-refractivity contribution in [3.8, 4) is 11.5 Å². The molecule has 0 saturated heterocycles. The van der Waals surface area contributed by atoms with Crippen LogP contribution in [0, 0.1) is 0 Å². The smallest absolute Gasteiger partial charge is 0.347 e. The molecule has 1 heterocycles. The molecule has 126 valence electrons. The minimum Gasteiger partial charge on any atom is -0.493 e. The molecule has 0 aromatic heterocycles. The number of rotatable bonds is 4. The maximum atomic E-state index is 12.3. The average Bonchev–Trinajstić information content (AvgIpc) is 2.85. The van der Waals surface area contributed by atoms with E-state index in [0.717, 1.165) is 5.56 Å². The van der Waals surface area contributed by atoms with E-state index in [1.165, 1.54) is 44.9 Å². The minimum atomic E-state index is -0.317. The second-order valence-electron chi connectivity index (χ2n) is 6.39. The van der Waals surface area contributed by atoms with Crippen molar-refractivity contribution in [1.29, 1.82) is 0 Å². The van der Waals surface area contributed by atoms with Crippen LogP contribution < -0.4 is 14.8 Å². The van der Waals surface area contributed by atoms with E-state index >= 15 is 0 Å². The largest absolute Gasteiger partial charge is 0.493 e. The highest BCUT2D eigenvalue weighted by Crippen LogP contribution is 2.39. The van der Waals surface area contributed by atoms with Crippen molar-refractivity contribution in [2.75, 3.05) is 14.2 Å². The summed E-state index contributed by atoms with van der Waals surface area (Å²) in [7, 11) is 3.12. The predicted octanol–water partition coefficient (Wildman–Crippen LogP) is 2.55. The molecular formula is C18H26NO4+. The van der Waals surface area contributed by atoms with Crippen LogP contribution in [0.1, 0.15) is 67.1 Å². The van der Waals surface area contributed by atoms with Crippen molar-refractivity contribution >= 4 is 5.97 Å². The summed E-state index contributed by atoms with van der Waals surface area (Å²) in [6.45, 7) is 0. The zero-order valence-corrected chi connectivity index (χ0v) is 14.0. The Morgan fingerprint density at radius 3 is 2.39 bits per heavy atom. The third-order valence-electron chi connectivity index (χ3n) is 4.92. The number of benzene rings is 1. The number of methoxy groups -OCH3 is 2. The Morgan fingerprint density at radius 1 is 1.04 bits per heavy atom. The van der Waals surface area contributed by atoms with Crippen LogP contribution in [0.3, 0.4) is 0 Å². The van der Waals surface area contributed by atoms with E-state index in [0.29, 0.717) is 23.1 Å². The van der Waals surface area contributed by atoms with Gasteiger partial charge in [0.15, 0.2) is 11.5 Å². The Bertz CT molecular complexity index is 564. The molecule has 0 bridgehead atoms. The Kier molecular flexibility index (Phi) is 5.06.